The molecule has 0 aliphatic rings. The van der Waals surface area contributed by atoms with E-state index in [1.807, 2.05) is 0 Å². The zero-order valence-electron chi connectivity index (χ0n) is 18.1. The minimum atomic E-state index is -4.71. The lowest BCUT2D eigenvalue weighted by Crippen LogP contribution is -2.14. The molecule has 0 aliphatic heterocycles. The van der Waals surface area contributed by atoms with Gasteiger partial charge in [-0.3, -0.25) is 4.79 Å². The summed E-state index contributed by atoms with van der Waals surface area (Å²) in [5.41, 5.74) is 4.06. The van der Waals surface area contributed by atoms with Gasteiger partial charge in [-0.2, -0.15) is 13.2 Å². The summed E-state index contributed by atoms with van der Waals surface area (Å²) in [6.45, 7) is 1.78. The van der Waals surface area contributed by atoms with Crippen LogP contribution in [0, 0.1) is 0 Å². The molecule has 2 N–H and O–H groups in total. The number of ether oxygens (including phenoxy) is 1. The van der Waals surface area contributed by atoms with Crippen molar-refractivity contribution in [1.82, 2.24) is 0 Å². The van der Waals surface area contributed by atoms with Crippen molar-refractivity contribution in [2.75, 3.05) is 5.75 Å². The fourth-order valence-corrected chi connectivity index (χ4v) is 5.14. The van der Waals surface area contributed by atoms with E-state index in [0.717, 1.165) is 30.2 Å². The first kappa shape index (κ1) is 26.7. The van der Waals surface area contributed by atoms with Crippen LogP contribution in [0.4, 0.5) is 13.2 Å². The summed E-state index contributed by atoms with van der Waals surface area (Å²) in [6.07, 6.45) is -5.15. The average molecular weight is 546 g/mol. The van der Waals surface area contributed by atoms with E-state index in [2.05, 4.69) is 0 Å². The van der Waals surface area contributed by atoms with Gasteiger partial charge in [0.1, 0.15) is 16.4 Å². The van der Waals surface area contributed by atoms with Crippen molar-refractivity contribution < 1.29 is 35.3 Å². The molecule has 0 fully saturated rings. The van der Waals surface area contributed by atoms with Crippen LogP contribution in [0.15, 0.2) is 70.5 Å². The fourth-order valence-electron chi connectivity index (χ4n) is 3.03. The van der Waals surface area contributed by atoms with E-state index >= 15 is 0 Å². The highest BCUT2D eigenvalue weighted by Crippen LogP contribution is 2.42. The summed E-state index contributed by atoms with van der Waals surface area (Å²) in [4.78, 5) is 11.0. The Balaban J connectivity index is 2.09. The Morgan fingerprint density at radius 3 is 2.34 bits per heavy atom. The number of rotatable bonds is 9. The van der Waals surface area contributed by atoms with Crippen LogP contribution in [0.3, 0.4) is 0 Å². The van der Waals surface area contributed by atoms with Crippen molar-refractivity contribution in [3.05, 3.63) is 76.8 Å². The lowest BCUT2D eigenvalue weighted by atomic mass is 10.1. The normalized spacial score (nSPS) is 11.8. The Bertz CT molecular complexity index is 1330. The molecule has 0 spiro atoms. The van der Waals surface area contributed by atoms with Crippen molar-refractivity contribution in [2.24, 2.45) is 5.73 Å². The smallest absolute Gasteiger partial charge is 0.416 e. The van der Waals surface area contributed by atoms with Gasteiger partial charge in [0.15, 0.2) is 5.75 Å². The number of nitrogens with two attached hydrogens (primary N) is 1. The summed E-state index contributed by atoms with van der Waals surface area (Å²) < 4.78 is 77.6. The molecule has 0 radical (unpaired) electrons. The van der Waals surface area contributed by atoms with Gasteiger partial charge in [-0.25, -0.2) is 8.42 Å². The van der Waals surface area contributed by atoms with Crippen LogP contribution in [0.5, 0.6) is 17.2 Å². The predicted octanol–water partition coefficient (Wildman–Crippen LogP) is 6.06. The number of carbonyl (C=O) groups excluding carboxylic acids is 1. The molecule has 0 heterocycles. The molecule has 0 unspecified atom stereocenters. The zero-order valence-corrected chi connectivity index (χ0v) is 20.5. The Labute approximate surface area is 209 Å². The largest absolute Gasteiger partial charge is 0.456 e. The van der Waals surface area contributed by atoms with Crippen molar-refractivity contribution in [1.29, 1.82) is 0 Å². The molecule has 0 aliphatic carbocycles. The summed E-state index contributed by atoms with van der Waals surface area (Å²) in [5, 5.41) is -0.179. The minimum absolute atomic E-state index is 0.00468. The van der Waals surface area contributed by atoms with Gasteiger partial charge in [0, 0.05) is 11.8 Å². The Morgan fingerprint density at radius 2 is 1.74 bits per heavy atom. The third-order valence-electron chi connectivity index (χ3n) is 4.51. The first-order valence-electron chi connectivity index (χ1n) is 10.0. The number of benzene rings is 3. The highest BCUT2D eigenvalue weighted by atomic mass is 35.5. The van der Waals surface area contributed by atoms with Crippen molar-refractivity contribution >= 4 is 39.4 Å². The maximum Gasteiger partial charge on any atom is 0.416 e. The molecule has 186 valence electrons. The van der Waals surface area contributed by atoms with Gasteiger partial charge in [0.05, 0.1) is 33.9 Å². The number of sulfone groups is 1. The van der Waals surface area contributed by atoms with Crippen LogP contribution in [-0.4, -0.2) is 20.1 Å². The van der Waals surface area contributed by atoms with Gasteiger partial charge < -0.3 is 14.7 Å². The van der Waals surface area contributed by atoms with Crippen molar-refractivity contribution in [3.8, 4) is 17.2 Å². The highest BCUT2D eigenvalue weighted by Gasteiger charge is 2.32. The first-order valence-corrected chi connectivity index (χ1v) is 12.8. The number of halogens is 4. The SMILES string of the molecule is CCSOc1cc(Oc2cc(CC(N)=O)cc(C(F)(F)F)c2)c(Cl)cc1S(=O)(=O)c1ccccc1. The summed E-state index contributed by atoms with van der Waals surface area (Å²) in [6, 6.07) is 12.6. The van der Waals surface area contributed by atoms with Gasteiger partial charge in [0.2, 0.25) is 15.7 Å². The summed E-state index contributed by atoms with van der Waals surface area (Å²) in [5.74, 6) is -0.866. The maximum atomic E-state index is 13.4. The van der Waals surface area contributed by atoms with E-state index in [0.29, 0.717) is 5.75 Å². The van der Waals surface area contributed by atoms with Gasteiger partial charge in [-0.15, -0.1) is 0 Å². The van der Waals surface area contributed by atoms with Gasteiger partial charge >= 0.3 is 6.18 Å². The van der Waals surface area contributed by atoms with Crippen LogP contribution in [0.2, 0.25) is 5.02 Å². The Kier molecular flexibility index (Phi) is 8.24. The summed E-state index contributed by atoms with van der Waals surface area (Å²) in [7, 11) is -4.04. The van der Waals surface area contributed by atoms with Crippen LogP contribution < -0.4 is 14.7 Å². The number of hydrogen-bond donors (Lipinski definition) is 1. The van der Waals surface area contributed by atoms with Crippen LogP contribution in [-0.2, 0) is 27.2 Å². The summed E-state index contributed by atoms with van der Waals surface area (Å²) >= 11 is 7.24. The zero-order chi connectivity index (χ0) is 25.8. The van der Waals surface area contributed by atoms with Crippen molar-refractivity contribution in [3.63, 3.8) is 0 Å². The van der Waals surface area contributed by atoms with E-state index in [1.165, 1.54) is 24.3 Å². The third kappa shape index (κ3) is 6.62. The number of hydrogen-bond acceptors (Lipinski definition) is 6. The molecule has 0 saturated carbocycles. The molecule has 0 saturated heterocycles. The quantitative estimate of drug-likeness (QED) is 0.328. The van der Waals surface area contributed by atoms with E-state index in [-0.39, 0.29) is 37.6 Å². The lowest BCUT2D eigenvalue weighted by Gasteiger charge is -2.16. The number of amides is 1. The van der Waals surface area contributed by atoms with Gasteiger partial charge in [0.25, 0.3) is 0 Å². The number of alkyl halides is 3. The van der Waals surface area contributed by atoms with Crippen molar-refractivity contribution in [2.45, 2.75) is 29.3 Å². The van der Waals surface area contributed by atoms with E-state index in [4.69, 9.17) is 26.3 Å². The molecule has 0 aromatic heterocycles. The average Bonchev–Trinajstić information content (AvgIpc) is 2.78. The molecular formula is C23H19ClF3NO5S2. The molecule has 6 nitrogen and oxygen atoms in total. The second kappa shape index (κ2) is 10.8. The lowest BCUT2D eigenvalue weighted by molar-refractivity contribution is -0.137. The third-order valence-corrected chi connectivity index (χ3v) is 7.13. The van der Waals surface area contributed by atoms with Crippen LogP contribution >= 0.6 is 23.6 Å². The topological polar surface area (TPSA) is 95.7 Å². The Morgan fingerprint density at radius 1 is 1.06 bits per heavy atom. The molecule has 12 heteroatoms. The van der Waals surface area contributed by atoms with Crippen LogP contribution in [0.1, 0.15) is 18.1 Å². The monoisotopic (exact) mass is 545 g/mol. The predicted molar refractivity (Wildman–Crippen MR) is 127 cm³/mol. The highest BCUT2D eigenvalue weighted by molar-refractivity contribution is 7.95. The molecule has 0 bridgehead atoms. The molecule has 3 aromatic rings. The second-order valence-corrected chi connectivity index (χ2v) is 10.4. The van der Waals surface area contributed by atoms with E-state index < -0.39 is 33.9 Å². The first-order chi connectivity index (χ1) is 16.4. The van der Waals surface area contributed by atoms with Gasteiger partial charge in [-0.1, -0.05) is 36.7 Å². The molecular weight excluding hydrogens is 527 g/mol. The van der Waals surface area contributed by atoms with E-state index in [1.54, 1.807) is 25.1 Å². The maximum absolute atomic E-state index is 13.4. The molecule has 3 aromatic carbocycles. The number of carbonyl (C=O) groups is 1. The Hall–Kier alpha value is -2.89. The standard InChI is InChI=1S/C23H19ClF3NO5S2/c1-2-34-33-20-13-19(18(24)12-21(20)35(30,31)17-6-4-3-5-7-17)32-16-9-14(10-22(28)29)8-15(11-16)23(25,26)27/h3-9,11-13H,2,10H2,1H3,(H2,28,29). The molecule has 1 amide bonds. The fraction of sp³-hybridized carbons (Fsp3) is 0.174. The number of primary amides is 1. The molecule has 0 atom stereocenters. The van der Waals surface area contributed by atoms with Gasteiger partial charge in [-0.05, 0) is 42.0 Å². The van der Waals surface area contributed by atoms with E-state index in [9.17, 15) is 26.4 Å². The molecule has 3 rings (SSSR count). The van der Waals surface area contributed by atoms with Crippen LogP contribution in [0.25, 0.3) is 0 Å². The molecule has 35 heavy (non-hydrogen) atoms. The minimum Gasteiger partial charge on any atom is -0.456 e. The second-order valence-electron chi connectivity index (χ2n) is 7.14.